The third kappa shape index (κ3) is 4.43. The highest BCUT2D eigenvalue weighted by molar-refractivity contribution is 7.92. The maximum absolute atomic E-state index is 12.3. The Morgan fingerprint density at radius 3 is 2.38 bits per heavy atom. The fourth-order valence-electron chi connectivity index (χ4n) is 2.68. The summed E-state index contributed by atoms with van der Waals surface area (Å²) in [6.45, 7) is 2.17. The standard InChI is InChI=1S/C19H20N4O5S/c1-4-23-17-10-7-14(11-16(17)20-21-23)19(25)28-12-18(24)13-5-8-15(9-6-13)22(2)29(3,26)27/h5-11H,4,12H2,1-3H3. The van der Waals surface area contributed by atoms with Gasteiger partial charge in [-0.05, 0) is 49.4 Å². The Bertz CT molecular complexity index is 1170. The Morgan fingerprint density at radius 2 is 1.76 bits per heavy atom. The number of nitrogens with zero attached hydrogens (tertiary/aromatic N) is 4. The Hall–Kier alpha value is -3.27. The van der Waals surface area contributed by atoms with Gasteiger partial charge in [0.15, 0.2) is 12.4 Å². The van der Waals surface area contributed by atoms with Crippen LogP contribution in [0.3, 0.4) is 0 Å². The fraction of sp³-hybridized carbons (Fsp3) is 0.263. The second kappa shape index (κ2) is 8.00. The number of aromatic nitrogens is 3. The van der Waals surface area contributed by atoms with Gasteiger partial charge in [0.05, 0.1) is 23.0 Å². The van der Waals surface area contributed by atoms with Gasteiger partial charge in [-0.25, -0.2) is 17.9 Å². The number of esters is 1. The van der Waals surface area contributed by atoms with Gasteiger partial charge in [-0.1, -0.05) is 5.21 Å². The average Bonchev–Trinajstić information content (AvgIpc) is 3.13. The monoisotopic (exact) mass is 416 g/mol. The Labute approximate surface area is 167 Å². The molecule has 0 atom stereocenters. The van der Waals surface area contributed by atoms with Crippen LogP contribution in [0.15, 0.2) is 42.5 Å². The van der Waals surface area contributed by atoms with Crippen molar-refractivity contribution in [2.24, 2.45) is 0 Å². The van der Waals surface area contributed by atoms with Crippen LogP contribution < -0.4 is 4.31 Å². The van der Waals surface area contributed by atoms with Crippen LogP contribution in [0, 0.1) is 0 Å². The molecule has 2 aromatic carbocycles. The minimum Gasteiger partial charge on any atom is -0.454 e. The van der Waals surface area contributed by atoms with E-state index >= 15 is 0 Å². The molecule has 1 aromatic heterocycles. The summed E-state index contributed by atoms with van der Waals surface area (Å²) < 4.78 is 31.0. The molecule has 0 bridgehead atoms. The van der Waals surface area contributed by atoms with Crippen LogP contribution in [0.25, 0.3) is 11.0 Å². The normalized spacial score (nSPS) is 11.4. The molecule has 29 heavy (non-hydrogen) atoms. The molecule has 0 radical (unpaired) electrons. The number of hydrogen-bond donors (Lipinski definition) is 0. The zero-order valence-electron chi connectivity index (χ0n) is 16.2. The number of aryl methyl sites for hydroxylation is 1. The van der Waals surface area contributed by atoms with Crippen molar-refractivity contribution in [1.29, 1.82) is 0 Å². The first-order chi connectivity index (χ1) is 13.7. The van der Waals surface area contributed by atoms with E-state index in [1.807, 2.05) is 6.92 Å². The predicted octanol–water partition coefficient (Wildman–Crippen LogP) is 1.89. The van der Waals surface area contributed by atoms with Crippen molar-refractivity contribution in [3.63, 3.8) is 0 Å². The number of fused-ring (bicyclic) bond motifs is 1. The van der Waals surface area contributed by atoms with Crippen LogP contribution in [0.2, 0.25) is 0 Å². The maximum atomic E-state index is 12.3. The summed E-state index contributed by atoms with van der Waals surface area (Å²) in [4.78, 5) is 24.5. The molecule has 1 heterocycles. The van der Waals surface area contributed by atoms with Gasteiger partial charge in [0.25, 0.3) is 0 Å². The van der Waals surface area contributed by atoms with Gasteiger partial charge in [0, 0.05) is 19.2 Å². The molecule has 152 valence electrons. The molecule has 0 N–H and O–H groups in total. The largest absolute Gasteiger partial charge is 0.454 e. The van der Waals surface area contributed by atoms with E-state index in [-0.39, 0.29) is 5.56 Å². The first kappa shape index (κ1) is 20.5. The number of ketones is 1. The fourth-order valence-corrected chi connectivity index (χ4v) is 3.18. The Morgan fingerprint density at radius 1 is 1.10 bits per heavy atom. The van der Waals surface area contributed by atoms with Crippen LogP contribution in [-0.4, -0.2) is 55.1 Å². The smallest absolute Gasteiger partial charge is 0.338 e. The van der Waals surface area contributed by atoms with E-state index in [2.05, 4.69) is 10.3 Å². The number of benzene rings is 2. The number of anilines is 1. The van der Waals surface area contributed by atoms with Crippen LogP contribution in [0.5, 0.6) is 0 Å². The lowest BCUT2D eigenvalue weighted by Crippen LogP contribution is -2.24. The molecule has 0 aliphatic carbocycles. The summed E-state index contributed by atoms with van der Waals surface area (Å²) >= 11 is 0. The van der Waals surface area contributed by atoms with E-state index in [4.69, 9.17) is 4.74 Å². The van der Waals surface area contributed by atoms with Gasteiger partial charge >= 0.3 is 5.97 Å². The summed E-state index contributed by atoms with van der Waals surface area (Å²) in [5.74, 6) is -1.04. The first-order valence-electron chi connectivity index (χ1n) is 8.78. The van der Waals surface area contributed by atoms with Gasteiger partial charge in [-0.15, -0.1) is 5.10 Å². The lowest BCUT2D eigenvalue weighted by Gasteiger charge is -2.16. The van der Waals surface area contributed by atoms with E-state index in [0.29, 0.717) is 23.3 Å². The molecule has 0 aliphatic heterocycles. The Balaban J connectivity index is 1.65. The highest BCUT2D eigenvalue weighted by atomic mass is 32.2. The quantitative estimate of drug-likeness (QED) is 0.427. The van der Waals surface area contributed by atoms with Crippen LogP contribution >= 0.6 is 0 Å². The average molecular weight is 416 g/mol. The third-order valence-electron chi connectivity index (χ3n) is 4.43. The van der Waals surface area contributed by atoms with Gasteiger partial charge in [-0.2, -0.15) is 0 Å². The summed E-state index contributed by atoms with van der Waals surface area (Å²) in [5.41, 5.74) is 2.38. The minimum atomic E-state index is -3.39. The number of sulfonamides is 1. The molecule has 0 amide bonds. The number of carbonyl (C=O) groups is 2. The first-order valence-corrected chi connectivity index (χ1v) is 10.6. The molecular weight excluding hydrogens is 396 g/mol. The van der Waals surface area contributed by atoms with E-state index in [9.17, 15) is 18.0 Å². The number of Topliss-reactive ketones (excluding diaryl/α,β-unsaturated/α-hetero) is 1. The van der Waals surface area contributed by atoms with E-state index in [1.165, 1.54) is 31.3 Å². The predicted molar refractivity (Wildman–Crippen MR) is 108 cm³/mol. The second-order valence-electron chi connectivity index (χ2n) is 6.39. The number of hydrogen-bond acceptors (Lipinski definition) is 7. The van der Waals surface area contributed by atoms with Crippen molar-refractivity contribution in [2.45, 2.75) is 13.5 Å². The maximum Gasteiger partial charge on any atom is 0.338 e. The second-order valence-corrected chi connectivity index (χ2v) is 8.40. The van der Waals surface area contributed by atoms with Crippen molar-refractivity contribution in [1.82, 2.24) is 15.0 Å². The molecule has 3 aromatic rings. The zero-order chi connectivity index (χ0) is 21.2. The van der Waals surface area contributed by atoms with Crippen molar-refractivity contribution < 1.29 is 22.7 Å². The van der Waals surface area contributed by atoms with Gasteiger partial charge < -0.3 is 4.74 Å². The highest BCUT2D eigenvalue weighted by Crippen LogP contribution is 2.17. The van der Waals surface area contributed by atoms with Gasteiger partial charge in [0.1, 0.15) is 5.52 Å². The molecule has 3 rings (SSSR count). The molecule has 0 spiro atoms. The molecule has 10 heteroatoms. The van der Waals surface area contributed by atoms with Crippen LogP contribution in [0.4, 0.5) is 5.69 Å². The van der Waals surface area contributed by atoms with Gasteiger partial charge in [0.2, 0.25) is 10.0 Å². The molecule has 0 saturated heterocycles. The van der Waals surface area contributed by atoms with E-state index < -0.39 is 28.4 Å². The van der Waals surface area contributed by atoms with Crippen LogP contribution in [0.1, 0.15) is 27.6 Å². The number of carbonyl (C=O) groups excluding carboxylic acids is 2. The highest BCUT2D eigenvalue weighted by Gasteiger charge is 2.16. The van der Waals surface area contributed by atoms with E-state index in [1.54, 1.807) is 22.9 Å². The van der Waals surface area contributed by atoms with Gasteiger partial charge in [-0.3, -0.25) is 9.10 Å². The summed E-state index contributed by atoms with van der Waals surface area (Å²) in [5, 5.41) is 7.99. The van der Waals surface area contributed by atoms with Crippen LogP contribution in [-0.2, 0) is 21.3 Å². The topological polar surface area (TPSA) is 111 Å². The summed E-state index contributed by atoms with van der Waals surface area (Å²) in [6, 6.07) is 10.9. The summed E-state index contributed by atoms with van der Waals surface area (Å²) in [6.07, 6.45) is 1.09. The molecule has 0 aliphatic rings. The van der Waals surface area contributed by atoms with E-state index in [0.717, 1.165) is 16.1 Å². The molecule has 0 fully saturated rings. The molecule has 9 nitrogen and oxygen atoms in total. The summed E-state index contributed by atoms with van der Waals surface area (Å²) in [7, 11) is -1.97. The lowest BCUT2D eigenvalue weighted by molar-refractivity contribution is 0.0475. The Kier molecular flexibility index (Phi) is 5.64. The lowest BCUT2D eigenvalue weighted by atomic mass is 10.1. The number of ether oxygens (including phenoxy) is 1. The minimum absolute atomic E-state index is 0.276. The molecule has 0 saturated carbocycles. The number of rotatable bonds is 7. The SMILES string of the molecule is CCn1nnc2cc(C(=O)OCC(=O)c3ccc(N(C)S(C)(=O)=O)cc3)ccc21. The zero-order valence-corrected chi connectivity index (χ0v) is 17.0. The van der Waals surface area contributed by atoms with Crippen molar-refractivity contribution >= 4 is 38.5 Å². The third-order valence-corrected chi connectivity index (χ3v) is 5.64. The molecular formula is C19H20N4O5S. The molecule has 0 unspecified atom stereocenters. The van der Waals surface area contributed by atoms with Crippen molar-refractivity contribution in [2.75, 3.05) is 24.2 Å². The van der Waals surface area contributed by atoms with Crippen molar-refractivity contribution in [3.8, 4) is 0 Å². The van der Waals surface area contributed by atoms with Crippen molar-refractivity contribution in [3.05, 3.63) is 53.6 Å².